The molecule has 2 heterocycles. The molecule has 0 N–H and O–H groups in total. The molecule has 0 saturated carbocycles. The van der Waals surface area contributed by atoms with Crippen LogP contribution in [-0.2, 0) is 0 Å². The molecule has 1 aromatic rings. The summed E-state index contributed by atoms with van der Waals surface area (Å²) in [6.45, 7) is 6.48. The molecule has 1 aliphatic rings. The number of thioether (sulfide) groups is 1. The van der Waals surface area contributed by atoms with Gasteiger partial charge in [-0.3, -0.25) is 0 Å². The number of anilines is 1. The van der Waals surface area contributed by atoms with Gasteiger partial charge in [0, 0.05) is 18.3 Å². The minimum absolute atomic E-state index is 0.499. The Morgan fingerprint density at radius 3 is 2.69 bits per heavy atom. The maximum atomic E-state index is 4.55. The highest BCUT2D eigenvalue weighted by molar-refractivity contribution is 7.99. The van der Waals surface area contributed by atoms with Gasteiger partial charge in [0.2, 0.25) is 5.16 Å². The molecule has 0 radical (unpaired) electrons. The molecule has 1 aromatic heterocycles. The second kappa shape index (κ2) is 5.48. The van der Waals surface area contributed by atoms with Gasteiger partial charge in [-0.2, -0.15) is 5.10 Å². The van der Waals surface area contributed by atoms with Gasteiger partial charge in [-0.25, -0.2) is 4.98 Å². The van der Waals surface area contributed by atoms with Gasteiger partial charge < -0.3 is 4.90 Å². The van der Waals surface area contributed by atoms with Gasteiger partial charge in [0.15, 0.2) is 5.82 Å². The van der Waals surface area contributed by atoms with Crippen molar-refractivity contribution in [3.8, 4) is 0 Å². The van der Waals surface area contributed by atoms with Crippen molar-refractivity contribution in [2.24, 2.45) is 0 Å². The molecule has 0 aromatic carbocycles. The van der Waals surface area contributed by atoms with Crippen molar-refractivity contribution in [2.45, 2.75) is 43.5 Å². The summed E-state index contributed by atoms with van der Waals surface area (Å²) in [4.78, 5) is 6.86. The molecule has 0 bridgehead atoms. The number of hydrogen-bond acceptors (Lipinski definition) is 5. The number of rotatable bonds is 3. The second-order valence-corrected chi connectivity index (χ2v) is 5.86. The third-order valence-electron chi connectivity index (χ3n) is 2.55. The third-order valence-corrected chi connectivity index (χ3v) is 3.40. The zero-order valence-corrected chi connectivity index (χ0v) is 10.7. The van der Waals surface area contributed by atoms with Crippen LogP contribution in [0.2, 0.25) is 0 Å². The maximum absolute atomic E-state index is 4.55. The number of piperidine rings is 1. The van der Waals surface area contributed by atoms with Crippen molar-refractivity contribution in [3.05, 3.63) is 6.20 Å². The van der Waals surface area contributed by atoms with Crippen LogP contribution in [0.5, 0.6) is 0 Å². The molecule has 5 heteroatoms. The predicted octanol–water partition coefficient (Wildman–Crippen LogP) is 2.36. The molecular weight excluding hydrogens is 220 g/mol. The van der Waals surface area contributed by atoms with Gasteiger partial charge in [-0.05, 0) is 19.3 Å². The van der Waals surface area contributed by atoms with Crippen molar-refractivity contribution < 1.29 is 0 Å². The van der Waals surface area contributed by atoms with Gasteiger partial charge in [-0.1, -0.05) is 25.6 Å². The summed E-state index contributed by atoms with van der Waals surface area (Å²) in [5.74, 6) is 0.984. The van der Waals surface area contributed by atoms with Crippen LogP contribution >= 0.6 is 11.8 Å². The molecule has 0 atom stereocenters. The van der Waals surface area contributed by atoms with Crippen LogP contribution in [0.25, 0.3) is 0 Å². The molecule has 0 amide bonds. The van der Waals surface area contributed by atoms with Crippen LogP contribution in [0.1, 0.15) is 33.1 Å². The number of nitrogens with zero attached hydrogens (tertiary/aromatic N) is 4. The lowest BCUT2D eigenvalue weighted by Crippen LogP contribution is -2.30. The fraction of sp³-hybridized carbons (Fsp3) is 0.727. The highest BCUT2D eigenvalue weighted by atomic mass is 32.2. The Morgan fingerprint density at radius 2 is 2.00 bits per heavy atom. The first kappa shape index (κ1) is 11.6. The van der Waals surface area contributed by atoms with Gasteiger partial charge in [0.25, 0.3) is 0 Å². The van der Waals surface area contributed by atoms with Gasteiger partial charge in [0.1, 0.15) is 0 Å². The van der Waals surface area contributed by atoms with E-state index in [1.165, 1.54) is 19.3 Å². The summed E-state index contributed by atoms with van der Waals surface area (Å²) in [7, 11) is 0. The van der Waals surface area contributed by atoms with Crippen LogP contribution in [0.15, 0.2) is 11.4 Å². The van der Waals surface area contributed by atoms with Gasteiger partial charge in [0.05, 0.1) is 6.20 Å². The van der Waals surface area contributed by atoms with E-state index in [0.29, 0.717) is 5.25 Å². The maximum Gasteiger partial charge on any atom is 0.211 e. The molecule has 1 aliphatic heterocycles. The van der Waals surface area contributed by atoms with E-state index in [1.807, 2.05) is 0 Å². The Bertz CT molecular complexity index is 337. The highest BCUT2D eigenvalue weighted by Gasteiger charge is 2.13. The standard InChI is InChI=1S/C11H18N4S/c1-9(2)16-11-13-10(8-12-14-11)15-6-4-3-5-7-15/h8-9H,3-7H2,1-2H3. The predicted molar refractivity (Wildman–Crippen MR) is 66.9 cm³/mol. The summed E-state index contributed by atoms with van der Waals surface area (Å²) in [6, 6.07) is 0. The summed E-state index contributed by atoms with van der Waals surface area (Å²) in [5.41, 5.74) is 0. The van der Waals surface area contributed by atoms with Crippen molar-refractivity contribution in [3.63, 3.8) is 0 Å². The topological polar surface area (TPSA) is 41.9 Å². The summed E-state index contributed by atoms with van der Waals surface area (Å²) in [5, 5.41) is 9.38. The van der Waals surface area contributed by atoms with E-state index in [-0.39, 0.29) is 0 Å². The van der Waals surface area contributed by atoms with Crippen LogP contribution in [0.3, 0.4) is 0 Å². The molecule has 1 fully saturated rings. The molecule has 0 spiro atoms. The van der Waals surface area contributed by atoms with E-state index in [9.17, 15) is 0 Å². The van der Waals surface area contributed by atoms with Crippen molar-refractivity contribution in [1.29, 1.82) is 0 Å². The molecule has 4 nitrogen and oxygen atoms in total. The first-order valence-corrected chi connectivity index (χ1v) is 6.75. The summed E-state index contributed by atoms with van der Waals surface area (Å²) < 4.78 is 0. The second-order valence-electron chi connectivity index (χ2n) is 4.31. The molecule has 88 valence electrons. The fourth-order valence-electron chi connectivity index (χ4n) is 1.82. The lowest BCUT2D eigenvalue weighted by atomic mass is 10.1. The lowest BCUT2D eigenvalue weighted by molar-refractivity contribution is 0.568. The Morgan fingerprint density at radius 1 is 1.25 bits per heavy atom. The van der Waals surface area contributed by atoms with Crippen LogP contribution in [0.4, 0.5) is 5.82 Å². The molecule has 2 rings (SSSR count). The normalized spacial score (nSPS) is 16.8. The first-order chi connectivity index (χ1) is 7.75. The number of hydrogen-bond donors (Lipinski definition) is 0. The average molecular weight is 238 g/mol. The van der Waals surface area contributed by atoms with E-state index in [1.54, 1.807) is 18.0 Å². The number of aromatic nitrogens is 3. The Kier molecular flexibility index (Phi) is 3.98. The summed E-state index contributed by atoms with van der Waals surface area (Å²) >= 11 is 1.67. The SMILES string of the molecule is CC(C)Sc1nncc(N2CCCCC2)n1. The van der Waals surface area contributed by atoms with E-state index < -0.39 is 0 Å². The lowest BCUT2D eigenvalue weighted by Gasteiger charge is -2.27. The van der Waals surface area contributed by atoms with Crippen molar-refractivity contribution in [2.75, 3.05) is 18.0 Å². The van der Waals surface area contributed by atoms with E-state index in [2.05, 4.69) is 33.9 Å². The Labute approximate surface area is 101 Å². The van der Waals surface area contributed by atoms with E-state index in [0.717, 1.165) is 24.1 Å². The van der Waals surface area contributed by atoms with E-state index >= 15 is 0 Å². The Balaban J connectivity index is 2.08. The monoisotopic (exact) mass is 238 g/mol. The van der Waals surface area contributed by atoms with Crippen LogP contribution in [-0.4, -0.2) is 33.5 Å². The minimum atomic E-state index is 0.499. The molecular formula is C11H18N4S. The van der Waals surface area contributed by atoms with Gasteiger partial charge >= 0.3 is 0 Å². The molecule has 0 aliphatic carbocycles. The largest absolute Gasteiger partial charge is 0.355 e. The van der Waals surface area contributed by atoms with E-state index in [4.69, 9.17) is 0 Å². The molecule has 0 unspecified atom stereocenters. The average Bonchev–Trinajstić information content (AvgIpc) is 2.30. The van der Waals surface area contributed by atoms with Crippen molar-refractivity contribution in [1.82, 2.24) is 15.2 Å². The summed E-state index contributed by atoms with van der Waals surface area (Å²) in [6.07, 6.45) is 5.63. The van der Waals surface area contributed by atoms with Crippen LogP contribution < -0.4 is 4.90 Å². The zero-order chi connectivity index (χ0) is 11.4. The third kappa shape index (κ3) is 3.07. The van der Waals surface area contributed by atoms with Gasteiger partial charge in [-0.15, -0.1) is 5.10 Å². The minimum Gasteiger partial charge on any atom is -0.355 e. The zero-order valence-electron chi connectivity index (χ0n) is 9.89. The smallest absolute Gasteiger partial charge is 0.211 e. The molecule has 16 heavy (non-hydrogen) atoms. The quantitative estimate of drug-likeness (QED) is 0.756. The highest BCUT2D eigenvalue weighted by Crippen LogP contribution is 2.21. The fourth-order valence-corrected chi connectivity index (χ4v) is 2.48. The Hall–Kier alpha value is -0.840. The molecule has 1 saturated heterocycles. The van der Waals surface area contributed by atoms with Crippen LogP contribution in [0, 0.1) is 0 Å². The van der Waals surface area contributed by atoms with Crippen molar-refractivity contribution >= 4 is 17.6 Å². The first-order valence-electron chi connectivity index (χ1n) is 5.87.